The second kappa shape index (κ2) is 4.87. The molecule has 0 aliphatic carbocycles. The summed E-state index contributed by atoms with van der Waals surface area (Å²) in [6.45, 7) is 7.56. The van der Waals surface area contributed by atoms with E-state index in [1.807, 2.05) is 6.07 Å². The smallest absolute Gasteiger partial charge is 0.0639 e. The van der Waals surface area contributed by atoms with Crippen LogP contribution in [-0.2, 0) is 0 Å². The molecule has 1 aromatic carbocycles. The lowest BCUT2D eigenvalue weighted by atomic mass is 9.87. The predicted molar refractivity (Wildman–Crippen MR) is 74.8 cm³/mol. The Labute approximate surface area is 109 Å². The number of piperidine rings is 1. The van der Waals surface area contributed by atoms with E-state index in [4.69, 9.17) is 17.3 Å². The highest BCUT2D eigenvalue weighted by Crippen LogP contribution is 2.33. The zero-order chi connectivity index (χ0) is 12.6. The van der Waals surface area contributed by atoms with E-state index >= 15 is 0 Å². The number of rotatable bonds is 1. The summed E-state index contributed by atoms with van der Waals surface area (Å²) in [5.41, 5.74) is 8.52. The molecular formula is C14H21ClN2. The van der Waals surface area contributed by atoms with Crippen LogP contribution in [0.25, 0.3) is 0 Å². The zero-order valence-corrected chi connectivity index (χ0v) is 11.5. The standard InChI is InChI=1S/C14H21ClN2/c1-9-4-5-12(15)14(8-9)17-7-6-13(16)10(2)11(17)3/h4-5,8,10-11,13H,6-7,16H2,1-3H3. The highest BCUT2D eigenvalue weighted by atomic mass is 35.5. The van der Waals surface area contributed by atoms with Gasteiger partial charge in [0.15, 0.2) is 0 Å². The lowest BCUT2D eigenvalue weighted by molar-refractivity contribution is 0.315. The number of aryl methyl sites for hydroxylation is 1. The predicted octanol–water partition coefficient (Wildman–Crippen LogP) is 3.21. The Morgan fingerprint density at radius 3 is 2.76 bits per heavy atom. The Bertz CT molecular complexity index is 405. The first-order valence-corrected chi connectivity index (χ1v) is 6.67. The SMILES string of the molecule is Cc1ccc(Cl)c(N2CCC(N)C(C)C2C)c1. The van der Waals surface area contributed by atoms with Crippen molar-refractivity contribution in [3.8, 4) is 0 Å². The maximum Gasteiger partial charge on any atom is 0.0639 e. The second-order valence-electron chi connectivity index (χ2n) is 5.20. The minimum Gasteiger partial charge on any atom is -0.367 e. The Morgan fingerprint density at radius 2 is 2.06 bits per heavy atom. The Kier molecular flexibility index (Phi) is 3.64. The summed E-state index contributed by atoms with van der Waals surface area (Å²) in [7, 11) is 0. The van der Waals surface area contributed by atoms with Gasteiger partial charge in [-0.15, -0.1) is 0 Å². The lowest BCUT2D eigenvalue weighted by Crippen LogP contribution is -2.52. The van der Waals surface area contributed by atoms with Crippen LogP contribution in [0.4, 0.5) is 5.69 Å². The van der Waals surface area contributed by atoms with Gasteiger partial charge in [0.1, 0.15) is 0 Å². The molecule has 2 N–H and O–H groups in total. The van der Waals surface area contributed by atoms with E-state index in [1.165, 1.54) is 5.56 Å². The molecule has 0 spiro atoms. The van der Waals surface area contributed by atoms with Gasteiger partial charge in [0.05, 0.1) is 10.7 Å². The van der Waals surface area contributed by atoms with Crippen LogP contribution >= 0.6 is 11.6 Å². The van der Waals surface area contributed by atoms with Gasteiger partial charge in [-0.2, -0.15) is 0 Å². The van der Waals surface area contributed by atoms with Crippen molar-refractivity contribution >= 4 is 17.3 Å². The molecule has 1 saturated heterocycles. The van der Waals surface area contributed by atoms with Crippen LogP contribution in [0.5, 0.6) is 0 Å². The zero-order valence-electron chi connectivity index (χ0n) is 10.8. The van der Waals surface area contributed by atoms with Crippen LogP contribution in [0.15, 0.2) is 18.2 Å². The summed E-state index contributed by atoms with van der Waals surface area (Å²) in [5, 5.41) is 0.838. The molecule has 17 heavy (non-hydrogen) atoms. The van der Waals surface area contributed by atoms with Crippen molar-refractivity contribution < 1.29 is 0 Å². The summed E-state index contributed by atoms with van der Waals surface area (Å²) >= 11 is 6.31. The number of hydrogen-bond acceptors (Lipinski definition) is 2. The van der Waals surface area contributed by atoms with Gasteiger partial charge in [-0.1, -0.05) is 24.6 Å². The van der Waals surface area contributed by atoms with E-state index in [2.05, 4.69) is 37.8 Å². The summed E-state index contributed by atoms with van der Waals surface area (Å²) in [5.74, 6) is 0.500. The summed E-state index contributed by atoms with van der Waals surface area (Å²) in [6.07, 6.45) is 1.04. The molecule has 0 saturated carbocycles. The normalized spacial score (nSPS) is 29.5. The molecule has 0 aromatic heterocycles. The van der Waals surface area contributed by atoms with Crippen LogP contribution in [0.3, 0.4) is 0 Å². The van der Waals surface area contributed by atoms with Crippen LogP contribution in [0.1, 0.15) is 25.8 Å². The van der Waals surface area contributed by atoms with Crippen LogP contribution < -0.4 is 10.6 Å². The molecule has 1 aromatic rings. The Hall–Kier alpha value is -0.730. The van der Waals surface area contributed by atoms with E-state index in [0.29, 0.717) is 18.0 Å². The molecule has 0 radical (unpaired) electrons. The van der Waals surface area contributed by atoms with Crippen molar-refractivity contribution in [3.05, 3.63) is 28.8 Å². The summed E-state index contributed by atoms with van der Waals surface area (Å²) in [6, 6.07) is 6.96. The fourth-order valence-corrected chi connectivity index (χ4v) is 2.81. The maximum atomic E-state index is 6.31. The van der Waals surface area contributed by atoms with Crippen LogP contribution in [0.2, 0.25) is 5.02 Å². The molecule has 1 aliphatic heterocycles. The average molecular weight is 253 g/mol. The Morgan fingerprint density at radius 1 is 1.35 bits per heavy atom. The minimum absolute atomic E-state index is 0.310. The van der Waals surface area contributed by atoms with E-state index in [0.717, 1.165) is 23.7 Å². The van der Waals surface area contributed by atoms with E-state index < -0.39 is 0 Å². The third-order valence-electron chi connectivity index (χ3n) is 4.04. The van der Waals surface area contributed by atoms with E-state index in [1.54, 1.807) is 0 Å². The van der Waals surface area contributed by atoms with E-state index in [9.17, 15) is 0 Å². The van der Waals surface area contributed by atoms with Gasteiger partial charge in [0, 0.05) is 18.6 Å². The second-order valence-corrected chi connectivity index (χ2v) is 5.61. The number of hydrogen-bond donors (Lipinski definition) is 1. The monoisotopic (exact) mass is 252 g/mol. The quantitative estimate of drug-likeness (QED) is 0.832. The first kappa shape index (κ1) is 12.7. The molecule has 2 nitrogen and oxygen atoms in total. The highest BCUT2D eigenvalue weighted by molar-refractivity contribution is 6.33. The number of benzene rings is 1. The largest absolute Gasteiger partial charge is 0.367 e. The molecule has 1 fully saturated rings. The molecule has 94 valence electrons. The Balaban J connectivity index is 2.30. The first-order valence-electron chi connectivity index (χ1n) is 6.29. The van der Waals surface area contributed by atoms with Gasteiger partial charge < -0.3 is 10.6 Å². The van der Waals surface area contributed by atoms with E-state index in [-0.39, 0.29) is 0 Å². The number of nitrogens with zero attached hydrogens (tertiary/aromatic N) is 1. The number of halogens is 1. The molecule has 0 bridgehead atoms. The molecule has 0 amide bonds. The van der Waals surface area contributed by atoms with Gasteiger partial charge >= 0.3 is 0 Å². The van der Waals surface area contributed by atoms with Crippen LogP contribution in [-0.4, -0.2) is 18.6 Å². The molecule has 3 heteroatoms. The van der Waals surface area contributed by atoms with Crippen molar-refractivity contribution in [3.63, 3.8) is 0 Å². The fourth-order valence-electron chi connectivity index (χ4n) is 2.58. The van der Waals surface area contributed by atoms with Crippen molar-refractivity contribution in [2.75, 3.05) is 11.4 Å². The number of nitrogens with two attached hydrogens (primary N) is 1. The first-order chi connectivity index (χ1) is 8.00. The molecule has 2 rings (SSSR count). The minimum atomic E-state index is 0.310. The van der Waals surface area contributed by atoms with Crippen molar-refractivity contribution in [1.29, 1.82) is 0 Å². The summed E-state index contributed by atoms with van der Waals surface area (Å²) < 4.78 is 0. The third kappa shape index (κ3) is 2.43. The van der Waals surface area contributed by atoms with Gasteiger partial charge in [0.2, 0.25) is 0 Å². The molecule has 3 unspecified atom stereocenters. The lowest BCUT2D eigenvalue weighted by Gasteiger charge is -2.43. The average Bonchev–Trinajstić information content (AvgIpc) is 2.30. The van der Waals surface area contributed by atoms with Gasteiger partial charge in [-0.25, -0.2) is 0 Å². The number of anilines is 1. The van der Waals surface area contributed by atoms with Gasteiger partial charge in [-0.05, 0) is 43.9 Å². The summed E-state index contributed by atoms with van der Waals surface area (Å²) in [4.78, 5) is 2.39. The molecular weight excluding hydrogens is 232 g/mol. The highest BCUT2D eigenvalue weighted by Gasteiger charge is 2.31. The van der Waals surface area contributed by atoms with Gasteiger partial charge in [0.25, 0.3) is 0 Å². The van der Waals surface area contributed by atoms with Gasteiger partial charge in [-0.3, -0.25) is 0 Å². The third-order valence-corrected chi connectivity index (χ3v) is 4.36. The molecule has 1 heterocycles. The molecule has 3 atom stereocenters. The van der Waals surface area contributed by atoms with Crippen molar-refractivity contribution in [1.82, 2.24) is 0 Å². The fraction of sp³-hybridized carbons (Fsp3) is 0.571. The topological polar surface area (TPSA) is 29.3 Å². The maximum absolute atomic E-state index is 6.31. The molecule has 1 aliphatic rings. The van der Waals surface area contributed by atoms with Crippen LogP contribution in [0, 0.1) is 12.8 Å². The van der Waals surface area contributed by atoms with Crippen molar-refractivity contribution in [2.24, 2.45) is 11.7 Å². The van der Waals surface area contributed by atoms with Crippen molar-refractivity contribution in [2.45, 2.75) is 39.3 Å².